The van der Waals surface area contributed by atoms with E-state index in [-0.39, 0.29) is 31.5 Å². The van der Waals surface area contributed by atoms with Crippen LogP contribution < -0.4 is 15.2 Å². The van der Waals surface area contributed by atoms with E-state index in [1.165, 1.54) is 4.57 Å². The maximum absolute atomic E-state index is 13.6. The van der Waals surface area contributed by atoms with E-state index in [0.717, 1.165) is 0 Å². The van der Waals surface area contributed by atoms with Gasteiger partial charge in [0.2, 0.25) is 5.95 Å². The van der Waals surface area contributed by atoms with Gasteiger partial charge in [-0.25, -0.2) is 13.8 Å². The summed E-state index contributed by atoms with van der Waals surface area (Å²) in [7, 11) is 1.58. The monoisotopic (exact) mass is 460 g/mol. The number of piperidine rings is 1. The van der Waals surface area contributed by atoms with E-state index in [0.29, 0.717) is 27.4 Å². The maximum atomic E-state index is 13.6. The summed E-state index contributed by atoms with van der Waals surface area (Å²) >= 11 is 4.92. The fourth-order valence-electron chi connectivity index (χ4n) is 3.40. The standard InChI is InChI=1S/C20H27ClF2N4O2S/c1-12(25-30(29)19(2,3)4)14-10-13(21)11-15-16(14)24-18(26(5)17(15)28)27-8-6-20(22,23)7-9-27/h10-12,25H,6-9H2,1-5H3/t12-,30-/m1/s1. The summed E-state index contributed by atoms with van der Waals surface area (Å²) < 4.78 is 43.7. The molecule has 1 aromatic heterocycles. The van der Waals surface area contributed by atoms with Crippen molar-refractivity contribution in [1.82, 2.24) is 14.3 Å². The van der Waals surface area contributed by atoms with E-state index < -0.39 is 28.1 Å². The summed E-state index contributed by atoms with van der Waals surface area (Å²) in [6.07, 6.45) is -0.562. The van der Waals surface area contributed by atoms with Crippen molar-refractivity contribution in [2.45, 2.75) is 57.2 Å². The third-order valence-electron chi connectivity index (χ3n) is 5.24. The molecule has 0 aliphatic carbocycles. The molecule has 30 heavy (non-hydrogen) atoms. The topological polar surface area (TPSA) is 73.2 Å². The van der Waals surface area contributed by atoms with Gasteiger partial charge < -0.3 is 9.45 Å². The molecule has 6 nitrogen and oxygen atoms in total. The van der Waals surface area contributed by atoms with Crippen LogP contribution in [0.2, 0.25) is 5.02 Å². The first-order chi connectivity index (χ1) is 13.8. The third kappa shape index (κ3) is 4.74. The second kappa shape index (κ2) is 8.26. The zero-order chi connectivity index (χ0) is 22.4. The van der Waals surface area contributed by atoms with Gasteiger partial charge in [0, 0.05) is 54.9 Å². The first kappa shape index (κ1) is 23.2. The van der Waals surface area contributed by atoms with Crippen molar-refractivity contribution in [2.24, 2.45) is 7.05 Å². The number of hydrogen-bond donors (Lipinski definition) is 1. The van der Waals surface area contributed by atoms with Crippen LogP contribution in [0.25, 0.3) is 10.9 Å². The summed E-state index contributed by atoms with van der Waals surface area (Å²) in [5, 5.41) is 0.707. The van der Waals surface area contributed by atoms with Gasteiger partial charge in [-0.3, -0.25) is 9.36 Å². The van der Waals surface area contributed by atoms with Gasteiger partial charge in [-0.2, -0.15) is 0 Å². The van der Waals surface area contributed by atoms with Crippen molar-refractivity contribution in [3.8, 4) is 0 Å². The number of alkyl halides is 2. The van der Waals surface area contributed by atoms with E-state index in [2.05, 4.69) is 9.71 Å². The SMILES string of the molecule is C[C@@H](N[S@+]([O-])C(C)(C)C)c1cc(Cl)cc2c(=O)n(C)c(N3CCC(F)(F)CC3)nc12. The van der Waals surface area contributed by atoms with E-state index in [1.54, 1.807) is 24.1 Å². The van der Waals surface area contributed by atoms with Crippen molar-refractivity contribution in [3.63, 3.8) is 0 Å². The van der Waals surface area contributed by atoms with Crippen LogP contribution in [0.5, 0.6) is 0 Å². The van der Waals surface area contributed by atoms with Gasteiger partial charge in [0.1, 0.15) is 4.75 Å². The molecule has 1 aliphatic heterocycles. The second-order valence-electron chi connectivity index (χ2n) is 8.73. The van der Waals surface area contributed by atoms with Gasteiger partial charge in [0.15, 0.2) is 0 Å². The van der Waals surface area contributed by atoms with Gasteiger partial charge in [-0.1, -0.05) is 11.6 Å². The molecule has 0 bridgehead atoms. The third-order valence-corrected chi connectivity index (χ3v) is 7.13. The fraction of sp³-hybridized carbons (Fsp3) is 0.600. The Kier molecular flexibility index (Phi) is 6.40. The van der Waals surface area contributed by atoms with Gasteiger partial charge in [0.25, 0.3) is 11.5 Å². The van der Waals surface area contributed by atoms with Crippen LogP contribution in [0.15, 0.2) is 16.9 Å². The summed E-state index contributed by atoms with van der Waals surface area (Å²) in [4.78, 5) is 19.4. The van der Waals surface area contributed by atoms with Crippen LogP contribution >= 0.6 is 11.6 Å². The quantitative estimate of drug-likeness (QED) is 0.700. The largest absolute Gasteiger partial charge is 0.598 e. The Morgan fingerprint density at radius 1 is 1.30 bits per heavy atom. The molecule has 1 aromatic carbocycles. The molecule has 2 atom stereocenters. The normalized spacial score (nSPS) is 19.2. The predicted octanol–water partition coefficient (Wildman–Crippen LogP) is 3.94. The molecule has 0 amide bonds. The summed E-state index contributed by atoms with van der Waals surface area (Å²) in [5.41, 5.74) is 0.761. The molecular formula is C20H27ClF2N4O2S. The molecule has 1 fully saturated rings. The molecule has 1 saturated heterocycles. The van der Waals surface area contributed by atoms with Crippen molar-refractivity contribution < 1.29 is 13.3 Å². The molecule has 0 unspecified atom stereocenters. The number of rotatable bonds is 4. The number of nitrogens with zero attached hydrogens (tertiary/aromatic N) is 3. The lowest BCUT2D eigenvalue weighted by Crippen LogP contribution is -2.42. The molecule has 1 aliphatic rings. The van der Waals surface area contributed by atoms with Crippen LogP contribution in [0.4, 0.5) is 14.7 Å². The lowest BCUT2D eigenvalue weighted by molar-refractivity contribution is -0.0223. The van der Waals surface area contributed by atoms with Crippen molar-refractivity contribution in [1.29, 1.82) is 0 Å². The highest BCUT2D eigenvalue weighted by Gasteiger charge is 2.35. The summed E-state index contributed by atoms with van der Waals surface area (Å²) in [5.74, 6) is -2.35. The van der Waals surface area contributed by atoms with E-state index >= 15 is 0 Å². The number of benzene rings is 1. The van der Waals surface area contributed by atoms with Gasteiger partial charge >= 0.3 is 0 Å². The fourth-order valence-corrected chi connectivity index (χ4v) is 4.43. The molecule has 3 rings (SSSR count). The first-order valence-electron chi connectivity index (χ1n) is 9.81. The molecule has 0 radical (unpaired) electrons. The Labute approximate surface area is 182 Å². The minimum absolute atomic E-state index is 0.115. The highest BCUT2D eigenvalue weighted by Crippen LogP contribution is 2.32. The molecule has 0 saturated carbocycles. The highest BCUT2D eigenvalue weighted by atomic mass is 35.5. The smallest absolute Gasteiger partial charge is 0.262 e. The average molecular weight is 461 g/mol. The zero-order valence-corrected chi connectivity index (χ0v) is 19.3. The Hall–Kier alpha value is -1.42. The number of anilines is 1. The van der Waals surface area contributed by atoms with E-state index in [9.17, 15) is 18.1 Å². The van der Waals surface area contributed by atoms with Gasteiger partial charge in [0.05, 0.1) is 16.9 Å². The van der Waals surface area contributed by atoms with Crippen LogP contribution in [0.3, 0.4) is 0 Å². The Balaban J connectivity index is 2.08. The summed E-state index contributed by atoms with van der Waals surface area (Å²) in [6, 6.07) is 2.85. The van der Waals surface area contributed by atoms with Gasteiger partial charge in [-0.05, 0) is 39.8 Å². The maximum Gasteiger partial charge on any atom is 0.262 e. The van der Waals surface area contributed by atoms with Gasteiger partial charge in [-0.15, -0.1) is 4.72 Å². The Morgan fingerprint density at radius 3 is 2.47 bits per heavy atom. The second-order valence-corrected chi connectivity index (χ2v) is 11.2. The molecule has 0 spiro atoms. The number of fused-ring (bicyclic) bond motifs is 1. The predicted molar refractivity (Wildman–Crippen MR) is 118 cm³/mol. The van der Waals surface area contributed by atoms with Crippen LogP contribution in [-0.2, 0) is 18.4 Å². The first-order valence-corrected chi connectivity index (χ1v) is 11.3. The molecular weight excluding hydrogens is 434 g/mol. The highest BCUT2D eigenvalue weighted by molar-refractivity contribution is 7.90. The van der Waals surface area contributed by atoms with Crippen LogP contribution in [0.1, 0.15) is 52.1 Å². The molecule has 2 heterocycles. The molecule has 1 N–H and O–H groups in total. The number of aromatic nitrogens is 2. The molecule has 2 aromatic rings. The van der Waals surface area contributed by atoms with Crippen molar-refractivity contribution in [2.75, 3.05) is 18.0 Å². The van der Waals surface area contributed by atoms with Crippen LogP contribution in [-0.4, -0.2) is 37.9 Å². The average Bonchev–Trinajstić information content (AvgIpc) is 2.64. The molecule has 166 valence electrons. The summed E-state index contributed by atoms with van der Waals surface area (Å²) in [6.45, 7) is 7.63. The minimum Gasteiger partial charge on any atom is -0.598 e. The number of halogens is 3. The van der Waals surface area contributed by atoms with Crippen LogP contribution in [0, 0.1) is 0 Å². The Bertz CT molecular complexity index is 999. The Morgan fingerprint density at radius 2 is 1.90 bits per heavy atom. The number of hydrogen-bond acceptors (Lipinski definition) is 5. The van der Waals surface area contributed by atoms with E-state index in [4.69, 9.17) is 11.6 Å². The van der Waals surface area contributed by atoms with Crippen molar-refractivity contribution in [3.05, 3.63) is 33.1 Å². The number of nitrogens with one attached hydrogen (secondary N) is 1. The lowest BCUT2D eigenvalue weighted by Gasteiger charge is -2.33. The van der Waals surface area contributed by atoms with Crippen molar-refractivity contribution >= 4 is 39.8 Å². The molecule has 10 heteroatoms. The zero-order valence-electron chi connectivity index (χ0n) is 17.8. The minimum atomic E-state index is -2.69. The van der Waals surface area contributed by atoms with E-state index in [1.807, 2.05) is 27.7 Å². The lowest BCUT2D eigenvalue weighted by atomic mass is 10.0.